The van der Waals surface area contributed by atoms with Gasteiger partial charge in [-0.2, -0.15) is 0 Å². The molecule has 3 aromatic heterocycles. The van der Waals surface area contributed by atoms with Crippen LogP contribution in [0.5, 0.6) is 0 Å². The molecular weight excluding hydrogens is 414 g/mol. The monoisotopic (exact) mass is 437 g/mol. The van der Waals surface area contributed by atoms with E-state index in [1.807, 2.05) is 50.2 Å². The first kappa shape index (κ1) is 21.0. The molecule has 9 heteroatoms. The average Bonchev–Trinajstić information content (AvgIpc) is 3.38. The lowest BCUT2D eigenvalue weighted by Gasteiger charge is -2.09. The highest BCUT2D eigenvalue weighted by Crippen LogP contribution is 2.28. The maximum absolute atomic E-state index is 13.0. The van der Waals surface area contributed by atoms with Crippen molar-refractivity contribution in [2.75, 3.05) is 0 Å². The van der Waals surface area contributed by atoms with E-state index in [1.165, 1.54) is 0 Å². The van der Waals surface area contributed by atoms with Gasteiger partial charge >= 0.3 is 5.69 Å². The summed E-state index contributed by atoms with van der Waals surface area (Å²) < 4.78 is 3.44. The van der Waals surface area contributed by atoms with Crippen LogP contribution < -0.4 is 5.69 Å². The van der Waals surface area contributed by atoms with Crippen molar-refractivity contribution in [3.8, 4) is 22.6 Å². The van der Waals surface area contributed by atoms with E-state index >= 15 is 0 Å². The van der Waals surface area contributed by atoms with Crippen LogP contribution in [0.4, 0.5) is 0 Å². The van der Waals surface area contributed by atoms with Crippen LogP contribution in [0.15, 0.2) is 47.4 Å². The fraction of sp³-hybridized carbons (Fsp3) is 0.318. The van der Waals surface area contributed by atoms with Gasteiger partial charge < -0.3 is 0 Å². The minimum Gasteiger partial charge on any atom is -0.290 e. The number of benzene rings is 1. The van der Waals surface area contributed by atoms with Gasteiger partial charge in [-0.25, -0.2) is 9.89 Å². The average molecular weight is 438 g/mol. The SMILES string of the molecule is CCCc1c(Cl)n(C(C)C)c(=O)n1Cc1ccc(-c2ncccc2-c2nnn[nH]2)cc1. The van der Waals surface area contributed by atoms with E-state index in [4.69, 9.17) is 11.6 Å². The van der Waals surface area contributed by atoms with Crippen LogP contribution >= 0.6 is 11.6 Å². The number of aromatic nitrogens is 7. The molecule has 0 aliphatic carbocycles. The Kier molecular flexibility index (Phi) is 5.99. The largest absolute Gasteiger partial charge is 0.330 e. The summed E-state index contributed by atoms with van der Waals surface area (Å²) in [5.74, 6) is 0.563. The Morgan fingerprint density at radius 2 is 1.94 bits per heavy atom. The molecule has 8 nitrogen and oxygen atoms in total. The van der Waals surface area contributed by atoms with Gasteiger partial charge in [0.2, 0.25) is 0 Å². The van der Waals surface area contributed by atoms with E-state index in [1.54, 1.807) is 15.3 Å². The Hall–Kier alpha value is -3.26. The van der Waals surface area contributed by atoms with Gasteiger partial charge in [0, 0.05) is 23.4 Å². The quantitative estimate of drug-likeness (QED) is 0.469. The molecule has 1 aromatic carbocycles. The second-order valence-electron chi connectivity index (χ2n) is 7.67. The lowest BCUT2D eigenvalue weighted by atomic mass is 10.0. The van der Waals surface area contributed by atoms with Crippen molar-refractivity contribution < 1.29 is 0 Å². The zero-order valence-electron chi connectivity index (χ0n) is 17.7. The van der Waals surface area contributed by atoms with Crippen LogP contribution in [0.25, 0.3) is 22.6 Å². The van der Waals surface area contributed by atoms with Gasteiger partial charge in [0.05, 0.1) is 17.9 Å². The van der Waals surface area contributed by atoms with Crippen molar-refractivity contribution in [3.05, 3.63) is 69.5 Å². The third-order valence-electron chi connectivity index (χ3n) is 5.19. The van der Waals surface area contributed by atoms with E-state index in [9.17, 15) is 4.79 Å². The van der Waals surface area contributed by atoms with Gasteiger partial charge in [0.25, 0.3) is 0 Å². The summed E-state index contributed by atoms with van der Waals surface area (Å²) in [5.41, 5.74) is 4.37. The number of halogens is 1. The Morgan fingerprint density at radius 3 is 2.58 bits per heavy atom. The summed E-state index contributed by atoms with van der Waals surface area (Å²) in [6.07, 6.45) is 3.41. The van der Waals surface area contributed by atoms with Gasteiger partial charge in [-0.15, -0.1) is 5.10 Å². The van der Waals surface area contributed by atoms with Crippen molar-refractivity contribution in [2.24, 2.45) is 0 Å². The predicted octanol–water partition coefficient (Wildman–Crippen LogP) is 4.13. The Balaban J connectivity index is 1.67. The zero-order valence-corrected chi connectivity index (χ0v) is 18.5. The normalized spacial score (nSPS) is 11.4. The fourth-order valence-corrected chi connectivity index (χ4v) is 4.18. The number of nitrogens with zero attached hydrogens (tertiary/aromatic N) is 6. The van der Waals surface area contributed by atoms with Crippen LogP contribution in [0.3, 0.4) is 0 Å². The van der Waals surface area contributed by atoms with Crippen LogP contribution in [0.2, 0.25) is 5.15 Å². The summed E-state index contributed by atoms with van der Waals surface area (Å²) in [6, 6.07) is 11.8. The molecule has 0 fully saturated rings. The number of hydrogen-bond acceptors (Lipinski definition) is 5. The number of tetrazole rings is 1. The molecule has 0 aliphatic rings. The molecule has 3 heterocycles. The molecule has 31 heavy (non-hydrogen) atoms. The number of aromatic amines is 1. The van der Waals surface area contributed by atoms with Crippen LogP contribution in [-0.2, 0) is 13.0 Å². The third-order valence-corrected chi connectivity index (χ3v) is 5.59. The number of H-pyrrole nitrogens is 1. The highest BCUT2D eigenvalue weighted by atomic mass is 35.5. The fourth-order valence-electron chi connectivity index (χ4n) is 3.72. The number of nitrogens with one attached hydrogen (secondary N) is 1. The number of imidazole rings is 1. The number of pyridine rings is 1. The Bertz CT molecular complexity index is 1220. The predicted molar refractivity (Wildman–Crippen MR) is 120 cm³/mol. The van der Waals surface area contributed by atoms with Crippen molar-refractivity contribution in [1.82, 2.24) is 34.7 Å². The second-order valence-corrected chi connectivity index (χ2v) is 8.02. The molecule has 160 valence electrons. The molecule has 0 spiro atoms. The standard InChI is InChI=1S/C22H24ClN7O/c1-4-6-18-20(23)30(14(2)3)22(31)29(18)13-15-8-10-16(11-9-15)19-17(7-5-12-24-19)21-25-27-28-26-21/h5,7-12,14H,4,6,13H2,1-3H3,(H,25,26,27,28). The van der Waals surface area contributed by atoms with Crippen LogP contribution in [-0.4, -0.2) is 34.7 Å². The van der Waals surface area contributed by atoms with Crippen LogP contribution in [0, 0.1) is 0 Å². The molecule has 0 unspecified atom stereocenters. The van der Waals surface area contributed by atoms with Gasteiger partial charge in [-0.1, -0.05) is 49.2 Å². The third kappa shape index (κ3) is 4.03. The first-order valence-corrected chi connectivity index (χ1v) is 10.7. The summed E-state index contributed by atoms with van der Waals surface area (Å²) >= 11 is 6.56. The molecule has 0 atom stereocenters. The molecular formula is C22H24ClN7O. The first-order valence-electron chi connectivity index (χ1n) is 10.3. The Labute approximate surface area is 184 Å². The van der Waals surface area contributed by atoms with E-state index in [-0.39, 0.29) is 11.7 Å². The van der Waals surface area contributed by atoms with Crippen molar-refractivity contribution in [3.63, 3.8) is 0 Å². The summed E-state index contributed by atoms with van der Waals surface area (Å²) in [5, 5.41) is 14.6. The topological polar surface area (TPSA) is 94.3 Å². The molecule has 0 saturated heterocycles. The number of rotatable bonds is 7. The lowest BCUT2D eigenvalue weighted by Crippen LogP contribution is -2.26. The van der Waals surface area contributed by atoms with Gasteiger partial charge in [-0.3, -0.25) is 14.1 Å². The smallest absolute Gasteiger partial charge is 0.290 e. The maximum Gasteiger partial charge on any atom is 0.330 e. The van der Waals surface area contributed by atoms with E-state index < -0.39 is 0 Å². The highest BCUT2D eigenvalue weighted by molar-refractivity contribution is 6.30. The second kappa shape index (κ2) is 8.85. The first-order chi connectivity index (χ1) is 15.0. The number of hydrogen-bond donors (Lipinski definition) is 1. The molecule has 4 rings (SSSR count). The molecule has 0 amide bonds. The van der Waals surface area contributed by atoms with Crippen molar-refractivity contribution in [2.45, 2.75) is 46.2 Å². The zero-order chi connectivity index (χ0) is 22.0. The molecule has 0 bridgehead atoms. The maximum atomic E-state index is 13.0. The Morgan fingerprint density at radius 1 is 1.16 bits per heavy atom. The molecule has 0 saturated carbocycles. The summed E-state index contributed by atoms with van der Waals surface area (Å²) in [6.45, 7) is 6.49. The summed E-state index contributed by atoms with van der Waals surface area (Å²) in [4.78, 5) is 17.5. The molecule has 4 aromatic rings. The minimum atomic E-state index is -0.0719. The minimum absolute atomic E-state index is 0.00684. The van der Waals surface area contributed by atoms with Crippen LogP contribution in [0.1, 0.15) is 44.5 Å². The lowest BCUT2D eigenvalue weighted by molar-refractivity contribution is 0.560. The van der Waals surface area contributed by atoms with Gasteiger partial charge in [-0.05, 0) is 48.4 Å². The summed E-state index contributed by atoms with van der Waals surface area (Å²) in [7, 11) is 0. The van der Waals surface area contributed by atoms with Crippen molar-refractivity contribution in [1.29, 1.82) is 0 Å². The van der Waals surface area contributed by atoms with E-state index in [2.05, 4.69) is 32.5 Å². The van der Waals surface area contributed by atoms with Gasteiger partial charge in [0.1, 0.15) is 5.15 Å². The van der Waals surface area contributed by atoms with E-state index in [0.717, 1.165) is 40.9 Å². The molecule has 0 aliphatic heterocycles. The van der Waals surface area contributed by atoms with E-state index in [0.29, 0.717) is 17.5 Å². The molecule has 1 N–H and O–H groups in total. The van der Waals surface area contributed by atoms with Gasteiger partial charge in [0.15, 0.2) is 5.82 Å². The highest BCUT2D eigenvalue weighted by Gasteiger charge is 2.20. The molecule has 0 radical (unpaired) electrons. The van der Waals surface area contributed by atoms with Crippen molar-refractivity contribution >= 4 is 11.6 Å².